The molecule has 1 aromatic carbocycles. The quantitative estimate of drug-likeness (QED) is 0.797. The van der Waals surface area contributed by atoms with Gasteiger partial charge in [-0.15, -0.1) is 0 Å². The molecule has 0 spiro atoms. The summed E-state index contributed by atoms with van der Waals surface area (Å²) >= 11 is 0. The van der Waals surface area contributed by atoms with Gasteiger partial charge in [0.1, 0.15) is 0 Å². The summed E-state index contributed by atoms with van der Waals surface area (Å²) in [5, 5.41) is 3.34. The third-order valence-corrected chi connectivity index (χ3v) is 5.10. The van der Waals surface area contributed by atoms with Gasteiger partial charge < -0.3 is 5.32 Å². The lowest BCUT2D eigenvalue weighted by Gasteiger charge is -2.26. The number of nitrogens with one attached hydrogen (secondary N) is 1. The largest absolute Gasteiger partial charge is 0.341 e. The van der Waals surface area contributed by atoms with Crippen LogP contribution in [-0.2, 0) is 9.84 Å². The second-order valence-electron chi connectivity index (χ2n) is 5.10. The molecule has 0 saturated heterocycles. The van der Waals surface area contributed by atoms with Gasteiger partial charge in [0.25, 0.3) is 0 Å². The first-order valence-corrected chi connectivity index (χ1v) is 8.75. The molecule has 0 aliphatic rings. The molecule has 1 aromatic rings. The molecule has 0 aliphatic heterocycles. The summed E-state index contributed by atoms with van der Waals surface area (Å²) < 4.78 is 49.3. The Morgan fingerprint density at radius 3 is 2.33 bits per heavy atom. The zero-order valence-corrected chi connectivity index (χ0v) is 13.5. The Labute approximate surface area is 125 Å². The standard InChI is InChI=1S/C15H23F2NO2S/c1-4-10-18-13(5-2)11(3)12-8-6-7-9-14(12)21(19,20)15(16)17/h6-9,11,13,15,18H,4-5,10H2,1-3H3. The van der Waals surface area contributed by atoms with Crippen molar-refractivity contribution in [2.75, 3.05) is 6.54 Å². The van der Waals surface area contributed by atoms with Gasteiger partial charge in [-0.1, -0.05) is 39.0 Å². The zero-order valence-electron chi connectivity index (χ0n) is 12.6. The van der Waals surface area contributed by atoms with Crippen LogP contribution in [0.1, 0.15) is 45.1 Å². The van der Waals surface area contributed by atoms with E-state index in [-0.39, 0.29) is 16.9 Å². The molecule has 0 amide bonds. The molecule has 0 fully saturated rings. The molecule has 0 aliphatic carbocycles. The number of rotatable bonds is 8. The number of benzene rings is 1. The molecule has 2 atom stereocenters. The fourth-order valence-corrected chi connectivity index (χ4v) is 3.48. The molecule has 0 aromatic heterocycles. The summed E-state index contributed by atoms with van der Waals surface area (Å²) in [6, 6.07) is 6.10. The van der Waals surface area contributed by atoms with Crippen molar-refractivity contribution in [3.8, 4) is 0 Å². The molecule has 3 nitrogen and oxygen atoms in total. The Hall–Kier alpha value is -1.01. The summed E-state index contributed by atoms with van der Waals surface area (Å²) in [5.41, 5.74) is 0.452. The third-order valence-electron chi connectivity index (χ3n) is 3.65. The predicted molar refractivity (Wildman–Crippen MR) is 80.4 cm³/mol. The Morgan fingerprint density at radius 1 is 1.19 bits per heavy atom. The maximum Gasteiger partial charge on any atom is 0.341 e. The van der Waals surface area contributed by atoms with E-state index in [2.05, 4.69) is 5.32 Å². The van der Waals surface area contributed by atoms with Crippen molar-refractivity contribution < 1.29 is 17.2 Å². The van der Waals surface area contributed by atoms with Gasteiger partial charge in [0.2, 0.25) is 9.84 Å². The van der Waals surface area contributed by atoms with Crippen LogP contribution in [0.4, 0.5) is 8.78 Å². The van der Waals surface area contributed by atoms with Gasteiger partial charge in [-0.2, -0.15) is 8.78 Å². The van der Waals surface area contributed by atoms with E-state index in [0.717, 1.165) is 19.4 Å². The van der Waals surface area contributed by atoms with Crippen molar-refractivity contribution in [1.82, 2.24) is 5.32 Å². The van der Waals surface area contributed by atoms with E-state index in [1.807, 2.05) is 20.8 Å². The third kappa shape index (κ3) is 4.23. The van der Waals surface area contributed by atoms with E-state index < -0.39 is 15.6 Å². The number of halogens is 2. The van der Waals surface area contributed by atoms with Crippen molar-refractivity contribution in [2.45, 2.75) is 56.2 Å². The van der Waals surface area contributed by atoms with Crippen LogP contribution >= 0.6 is 0 Å². The van der Waals surface area contributed by atoms with E-state index in [4.69, 9.17) is 0 Å². The molecule has 1 rings (SSSR count). The normalized spacial score (nSPS) is 15.1. The van der Waals surface area contributed by atoms with E-state index >= 15 is 0 Å². The number of alkyl halides is 2. The van der Waals surface area contributed by atoms with Gasteiger partial charge in [0.05, 0.1) is 4.90 Å². The molecular weight excluding hydrogens is 296 g/mol. The van der Waals surface area contributed by atoms with Crippen molar-refractivity contribution >= 4 is 9.84 Å². The minimum Gasteiger partial charge on any atom is -0.313 e. The van der Waals surface area contributed by atoms with Crippen molar-refractivity contribution in [3.63, 3.8) is 0 Å². The minimum atomic E-state index is -4.58. The molecule has 120 valence electrons. The predicted octanol–water partition coefficient (Wildman–Crippen LogP) is 3.56. The molecular formula is C15H23F2NO2S. The maximum atomic E-state index is 12.8. The molecule has 2 unspecified atom stereocenters. The molecule has 0 bridgehead atoms. The summed E-state index contributed by atoms with van der Waals surface area (Å²) in [7, 11) is -4.58. The monoisotopic (exact) mass is 319 g/mol. The summed E-state index contributed by atoms with van der Waals surface area (Å²) in [6.07, 6.45) is 1.75. The first-order valence-electron chi connectivity index (χ1n) is 7.20. The van der Waals surface area contributed by atoms with E-state index in [9.17, 15) is 17.2 Å². The number of hydrogen-bond donors (Lipinski definition) is 1. The molecule has 0 radical (unpaired) electrons. The van der Waals surface area contributed by atoms with Crippen molar-refractivity contribution in [3.05, 3.63) is 29.8 Å². The first-order chi connectivity index (χ1) is 9.86. The number of hydrogen-bond acceptors (Lipinski definition) is 3. The second-order valence-corrected chi connectivity index (χ2v) is 6.99. The van der Waals surface area contributed by atoms with Crippen LogP contribution in [0.2, 0.25) is 0 Å². The fourth-order valence-electron chi connectivity index (χ4n) is 2.43. The fraction of sp³-hybridized carbons (Fsp3) is 0.600. The highest BCUT2D eigenvalue weighted by Crippen LogP contribution is 2.30. The Kier molecular flexibility index (Phi) is 6.74. The van der Waals surface area contributed by atoms with Gasteiger partial charge in [-0.05, 0) is 36.9 Å². The summed E-state index contributed by atoms with van der Waals surface area (Å²) in [6.45, 7) is 6.72. The summed E-state index contributed by atoms with van der Waals surface area (Å²) in [5.74, 6) is -3.55. The van der Waals surface area contributed by atoms with Crippen LogP contribution < -0.4 is 5.32 Å². The van der Waals surface area contributed by atoms with Crippen LogP contribution in [0.15, 0.2) is 29.2 Å². The molecule has 1 N–H and O–H groups in total. The Bertz CT molecular complexity index is 546. The van der Waals surface area contributed by atoms with Crippen LogP contribution in [0.25, 0.3) is 0 Å². The topological polar surface area (TPSA) is 46.2 Å². The van der Waals surface area contributed by atoms with Crippen molar-refractivity contribution in [2.24, 2.45) is 0 Å². The highest BCUT2D eigenvalue weighted by atomic mass is 32.2. The minimum absolute atomic E-state index is 0.0546. The van der Waals surface area contributed by atoms with Gasteiger partial charge in [-0.25, -0.2) is 8.42 Å². The molecule has 6 heteroatoms. The van der Waals surface area contributed by atoms with Gasteiger partial charge in [0, 0.05) is 6.04 Å². The highest BCUT2D eigenvalue weighted by molar-refractivity contribution is 7.91. The summed E-state index contributed by atoms with van der Waals surface area (Å²) in [4.78, 5) is -0.260. The maximum absolute atomic E-state index is 12.8. The van der Waals surface area contributed by atoms with Gasteiger partial charge >= 0.3 is 5.76 Å². The first kappa shape index (κ1) is 18.0. The Balaban J connectivity index is 3.19. The lowest BCUT2D eigenvalue weighted by molar-refractivity contribution is 0.234. The van der Waals surface area contributed by atoms with E-state index in [1.54, 1.807) is 12.1 Å². The number of sulfone groups is 1. The van der Waals surface area contributed by atoms with Crippen molar-refractivity contribution in [1.29, 1.82) is 0 Å². The zero-order chi connectivity index (χ0) is 16.0. The average molecular weight is 319 g/mol. The second kappa shape index (κ2) is 7.84. The lowest BCUT2D eigenvalue weighted by atomic mass is 9.91. The molecule has 0 heterocycles. The Morgan fingerprint density at radius 2 is 1.81 bits per heavy atom. The van der Waals surface area contributed by atoms with Crippen LogP contribution in [-0.4, -0.2) is 26.8 Å². The van der Waals surface area contributed by atoms with Crippen LogP contribution in [0.5, 0.6) is 0 Å². The van der Waals surface area contributed by atoms with Crippen LogP contribution in [0, 0.1) is 0 Å². The van der Waals surface area contributed by atoms with Gasteiger partial charge in [0.15, 0.2) is 0 Å². The van der Waals surface area contributed by atoms with E-state index in [1.165, 1.54) is 12.1 Å². The smallest absolute Gasteiger partial charge is 0.313 e. The molecule has 21 heavy (non-hydrogen) atoms. The van der Waals surface area contributed by atoms with Gasteiger partial charge in [-0.3, -0.25) is 0 Å². The molecule has 0 saturated carbocycles. The highest BCUT2D eigenvalue weighted by Gasteiger charge is 2.31. The van der Waals surface area contributed by atoms with Crippen LogP contribution in [0.3, 0.4) is 0 Å². The SMILES string of the molecule is CCCNC(CC)C(C)c1ccccc1S(=O)(=O)C(F)F. The van der Waals surface area contributed by atoms with E-state index in [0.29, 0.717) is 5.56 Å². The lowest BCUT2D eigenvalue weighted by Crippen LogP contribution is -2.34. The average Bonchev–Trinajstić information content (AvgIpc) is 2.47.